The van der Waals surface area contributed by atoms with Crippen LogP contribution in [-0.4, -0.2) is 32.0 Å². The van der Waals surface area contributed by atoms with Gasteiger partial charge in [0.25, 0.3) is 0 Å². The fourth-order valence-electron chi connectivity index (χ4n) is 3.73. The number of sulfone groups is 1. The second-order valence-corrected chi connectivity index (χ2v) is 10.8. The summed E-state index contributed by atoms with van der Waals surface area (Å²) in [6, 6.07) is 8.58. The summed E-state index contributed by atoms with van der Waals surface area (Å²) < 4.78 is 39.9. The molecule has 1 atom stereocenters. The van der Waals surface area contributed by atoms with Gasteiger partial charge in [-0.1, -0.05) is 11.6 Å². The van der Waals surface area contributed by atoms with Gasteiger partial charge in [-0.25, -0.2) is 12.8 Å². The van der Waals surface area contributed by atoms with Crippen molar-refractivity contribution in [3.05, 3.63) is 52.8 Å². The average molecular weight is 465 g/mol. The molecule has 164 valence electrons. The molecule has 1 aliphatic carbocycles. The van der Waals surface area contributed by atoms with E-state index in [1.807, 2.05) is 0 Å². The van der Waals surface area contributed by atoms with E-state index in [0.717, 1.165) is 30.2 Å². The minimum atomic E-state index is -3.79. The van der Waals surface area contributed by atoms with Crippen molar-refractivity contribution in [3.8, 4) is 0 Å². The Morgan fingerprint density at radius 3 is 2.65 bits per heavy atom. The second-order valence-electron chi connectivity index (χ2n) is 8.04. The predicted octanol–water partition coefficient (Wildman–Crippen LogP) is 3.97. The molecule has 0 saturated heterocycles. The fraction of sp³-hybridized carbons (Fsp3) is 0.364. The SMILES string of the molecule is C[C@H](CC(=O)Nc1ccc(Cl)cc1F)S(=O)(=O)c1ccc2c(c1)CCN2C(=O)C1CC1. The lowest BCUT2D eigenvalue weighted by Gasteiger charge is -2.18. The highest BCUT2D eigenvalue weighted by atomic mass is 35.5. The number of halogens is 2. The Labute approximate surface area is 185 Å². The summed E-state index contributed by atoms with van der Waals surface area (Å²) in [5.41, 5.74) is 1.52. The molecule has 6 nitrogen and oxygen atoms in total. The van der Waals surface area contributed by atoms with Crippen LogP contribution in [0.3, 0.4) is 0 Å². The maximum absolute atomic E-state index is 13.9. The summed E-state index contributed by atoms with van der Waals surface area (Å²) in [7, 11) is -3.79. The molecule has 1 saturated carbocycles. The predicted molar refractivity (Wildman–Crippen MR) is 117 cm³/mol. The first-order valence-electron chi connectivity index (χ1n) is 10.1. The minimum Gasteiger partial charge on any atom is -0.324 e. The number of benzene rings is 2. The average Bonchev–Trinajstić information content (AvgIpc) is 3.48. The Bertz CT molecular complexity index is 1160. The summed E-state index contributed by atoms with van der Waals surface area (Å²) in [4.78, 5) is 26.5. The quantitative estimate of drug-likeness (QED) is 0.701. The van der Waals surface area contributed by atoms with Crippen molar-refractivity contribution < 1.29 is 22.4 Å². The van der Waals surface area contributed by atoms with E-state index in [0.29, 0.717) is 13.0 Å². The van der Waals surface area contributed by atoms with E-state index in [1.54, 1.807) is 17.0 Å². The smallest absolute Gasteiger partial charge is 0.230 e. The number of nitrogens with one attached hydrogen (secondary N) is 1. The van der Waals surface area contributed by atoms with E-state index in [9.17, 15) is 22.4 Å². The van der Waals surface area contributed by atoms with Gasteiger partial charge < -0.3 is 10.2 Å². The number of amides is 2. The summed E-state index contributed by atoms with van der Waals surface area (Å²) in [6.45, 7) is 2.00. The van der Waals surface area contributed by atoms with Gasteiger partial charge in [0, 0.05) is 29.6 Å². The van der Waals surface area contributed by atoms with E-state index in [-0.39, 0.29) is 33.9 Å². The molecule has 1 N–H and O–H groups in total. The molecule has 31 heavy (non-hydrogen) atoms. The molecular weight excluding hydrogens is 443 g/mol. The van der Waals surface area contributed by atoms with Crippen molar-refractivity contribution in [1.82, 2.24) is 0 Å². The van der Waals surface area contributed by atoms with E-state index in [1.165, 1.54) is 25.1 Å². The Morgan fingerprint density at radius 1 is 1.23 bits per heavy atom. The lowest BCUT2D eigenvalue weighted by molar-refractivity contribution is -0.119. The van der Waals surface area contributed by atoms with Crippen molar-refractivity contribution in [2.75, 3.05) is 16.8 Å². The number of hydrogen-bond donors (Lipinski definition) is 1. The van der Waals surface area contributed by atoms with Crippen LogP contribution < -0.4 is 10.2 Å². The van der Waals surface area contributed by atoms with Gasteiger partial charge in [-0.15, -0.1) is 0 Å². The Morgan fingerprint density at radius 2 is 1.97 bits per heavy atom. The van der Waals surface area contributed by atoms with E-state index in [2.05, 4.69) is 5.32 Å². The summed E-state index contributed by atoms with van der Waals surface area (Å²) in [5.74, 6) is -1.10. The normalized spacial score (nSPS) is 16.7. The van der Waals surface area contributed by atoms with Crippen molar-refractivity contribution in [2.24, 2.45) is 5.92 Å². The minimum absolute atomic E-state index is 0.0584. The first-order chi connectivity index (χ1) is 14.7. The van der Waals surface area contributed by atoms with Gasteiger partial charge in [0.15, 0.2) is 9.84 Å². The zero-order valence-electron chi connectivity index (χ0n) is 16.9. The highest BCUT2D eigenvalue weighted by Crippen LogP contribution is 2.37. The van der Waals surface area contributed by atoms with Gasteiger partial charge in [-0.2, -0.15) is 0 Å². The molecule has 0 spiro atoms. The molecule has 0 unspecified atom stereocenters. The van der Waals surface area contributed by atoms with Crippen molar-refractivity contribution in [3.63, 3.8) is 0 Å². The zero-order valence-corrected chi connectivity index (χ0v) is 18.5. The molecule has 1 heterocycles. The molecule has 4 rings (SSSR count). The molecule has 1 aliphatic heterocycles. The number of fused-ring (bicyclic) bond motifs is 1. The van der Waals surface area contributed by atoms with Gasteiger partial charge in [0.1, 0.15) is 5.82 Å². The number of anilines is 2. The highest BCUT2D eigenvalue weighted by Gasteiger charge is 2.37. The van der Waals surface area contributed by atoms with Crippen molar-refractivity contribution in [1.29, 1.82) is 0 Å². The van der Waals surface area contributed by atoms with Gasteiger partial charge >= 0.3 is 0 Å². The molecule has 1 fully saturated rings. The summed E-state index contributed by atoms with van der Waals surface area (Å²) in [5, 5.41) is 1.57. The number of hydrogen-bond acceptors (Lipinski definition) is 4. The van der Waals surface area contributed by atoms with Crippen LogP contribution in [0.2, 0.25) is 5.02 Å². The number of rotatable bonds is 6. The van der Waals surface area contributed by atoms with E-state index >= 15 is 0 Å². The van der Waals surface area contributed by atoms with Crippen molar-refractivity contribution in [2.45, 2.75) is 42.8 Å². The molecule has 2 aliphatic rings. The number of carbonyl (C=O) groups excluding carboxylic acids is 2. The highest BCUT2D eigenvalue weighted by molar-refractivity contribution is 7.92. The topological polar surface area (TPSA) is 83.6 Å². The van der Waals surface area contributed by atoms with E-state index < -0.39 is 26.8 Å². The molecule has 9 heteroatoms. The lowest BCUT2D eigenvalue weighted by Crippen LogP contribution is -2.30. The third-order valence-electron chi connectivity index (χ3n) is 5.68. The van der Waals surface area contributed by atoms with Gasteiger partial charge in [-0.05, 0) is 68.1 Å². The molecule has 0 aromatic heterocycles. The van der Waals surface area contributed by atoms with Gasteiger partial charge in [0.2, 0.25) is 11.8 Å². The molecule has 2 aromatic carbocycles. The molecule has 0 bridgehead atoms. The number of carbonyl (C=O) groups is 2. The van der Waals surface area contributed by atoms with Crippen LogP contribution in [0.4, 0.5) is 15.8 Å². The monoisotopic (exact) mass is 464 g/mol. The molecule has 0 radical (unpaired) electrons. The molecular formula is C22H22ClFN2O4S. The zero-order chi connectivity index (χ0) is 22.3. The second kappa shape index (κ2) is 8.24. The summed E-state index contributed by atoms with van der Waals surface area (Å²) >= 11 is 5.70. The first-order valence-corrected chi connectivity index (χ1v) is 12.0. The van der Waals surface area contributed by atoms with Crippen LogP contribution in [-0.2, 0) is 25.8 Å². The van der Waals surface area contributed by atoms with Crippen LogP contribution in [0.25, 0.3) is 0 Å². The Balaban J connectivity index is 1.46. The third kappa shape index (κ3) is 4.45. The largest absolute Gasteiger partial charge is 0.324 e. The van der Waals surface area contributed by atoms with Crippen molar-refractivity contribution >= 4 is 44.6 Å². The fourth-order valence-corrected chi connectivity index (χ4v) is 5.29. The van der Waals surface area contributed by atoms with Crippen LogP contribution in [0.15, 0.2) is 41.3 Å². The lowest BCUT2D eigenvalue weighted by atomic mass is 10.2. The first kappa shape index (κ1) is 21.8. The third-order valence-corrected chi connectivity index (χ3v) is 8.05. The maximum Gasteiger partial charge on any atom is 0.230 e. The standard InChI is InChI=1S/C22H22ClFN2O4S/c1-13(10-21(27)25-19-6-4-16(23)12-18(19)24)31(29,30)17-5-7-20-15(11-17)8-9-26(20)22(28)14-2-3-14/h4-7,11-14H,2-3,8-10H2,1H3,(H,25,27)/t13-/m1/s1. The van der Waals surface area contributed by atoms with Gasteiger partial charge in [-0.3, -0.25) is 9.59 Å². The Kier molecular flexibility index (Phi) is 5.79. The number of nitrogens with zero attached hydrogens (tertiary/aromatic N) is 1. The van der Waals surface area contributed by atoms with Crippen LogP contribution in [0.1, 0.15) is 31.7 Å². The maximum atomic E-state index is 13.9. The van der Waals surface area contributed by atoms with Crippen LogP contribution in [0, 0.1) is 11.7 Å². The molecule has 2 aromatic rings. The van der Waals surface area contributed by atoms with E-state index in [4.69, 9.17) is 11.6 Å². The summed E-state index contributed by atoms with van der Waals surface area (Å²) in [6.07, 6.45) is 2.10. The van der Waals surface area contributed by atoms with Gasteiger partial charge in [0.05, 0.1) is 15.8 Å². The van der Waals surface area contributed by atoms with Crippen LogP contribution >= 0.6 is 11.6 Å². The van der Waals surface area contributed by atoms with Crippen LogP contribution in [0.5, 0.6) is 0 Å². The Hall–Kier alpha value is -2.45. The molecule has 2 amide bonds.